The van der Waals surface area contributed by atoms with E-state index in [1.54, 1.807) is 12.0 Å². The van der Waals surface area contributed by atoms with Crippen LogP contribution in [0.15, 0.2) is 61.4 Å². The minimum absolute atomic E-state index is 0.0686. The molecule has 0 aliphatic carbocycles. The fraction of sp³-hybridized carbons (Fsp3) is 0.292. The molecular formula is C24H26N4O3. The maximum absolute atomic E-state index is 11.9. The first-order valence-electron chi connectivity index (χ1n) is 10.3. The highest BCUT2D eigenvalue weighted by atomic mass is 16.5. The van der Waals surface area contributed by atoms with Gasteiger partial charge in [-0.3, -0.25) is 4.79 Å². The fourth-order valence-corrected chi connectivity index (χ4v) is 3.79. The first kappa shape index (κ1) is 20.7. The molecule has 7 heteroatoms. The first-order chi connectivity index (χ1) is 15.1. The Labute approximate surface area is 181 Å². The van der Waals surface area contributed by atoms with Gasteiger partial charge in [0.15, 0.2) is 11.5 Å². The van der Waals surface area contributed by atoms with Gasteiger partial charge in [-0.25, -0.2) is 9.97 Å². The van der Waals surface area contributed by atoms with Gasteiger partial charge in [0, 0.05) is 30.5 Å². The van der Waals surface area contributed by atoms with Crippen LogP contribution in [0.2, 0.25) is 0 Å². The number of benzene rings is 2. The van der Waals surface area contributed by atoms with Crippen molar-refractivity contribution in [3.8, 4) is 11.5 Å². The maximum Gasteiger partial charge on any atom is 0.246 e. The number of nitrogens with one attached hydrogen (secondary N) is 1. The van der Waals surface area contributed by atoms with Crippen LogP contribution >= 0.6 is 0 Å². The van der Waals surface area contributed by atoms with Crippen LogP contribution in [0.5, 0.6) is 11.5 Å². The van der Waals surface area contributed by atoms with Crippen LogP contribution in [0.25, 0.3) is 10.9 Å². The van der Waals surface area contributed by atoms with Gasteiger partial charge in [-0.2, -0.15) is 0 Å². The van der Waals surface area contributed by atoms with E-state index in [1.807, 2.05) is 30.3 Å². The molecule has 1 N–H and O–H groups in total. The molecule has 31 heavy (non-hydrogen) atoms. The number of likely N-dealkylation sites (tertiary alicyclic amines) is 1. The monoisotopic (exact) mass is 418 g/mol. The quantitative estimate of drug-likeness (QED) is 0.585. The highest BCUT2D eigenvalue weighted by molar-refractivity contribution is 5.91. The number of carbonyl (C=O) groups excluding carboxylic acids is 1. The number of rotatable bonds is 7. The lowest BCUT2D eigenvalue weighted by Crippen LogP contribution is -2.29. The molecule has 1 amide bonds. The van der Waals surface area contributed by atoms with Gasteiger partial charge < -0.3 is 19.7 Å². The van der Waals surface area contributed by atoms with Crippen molar-refractivity contribution in [1.82, 2.24) is 14.9 Å². The summed E-state index contributed by atoms with van der Waals surface area (Å²) in [6, 6.07) is 14.0. The van der Waals surface area contributed by atoms with Gasteiger partial charge in [0.25, 0.3) is 0 Å². The first-order valence-corrected chi connectivity index (χ1v) is 10.3. The van der Waals surface area contributed by atoms with Gasteiger partial charge in [0.1, 0.15) is 18.2 Å². The predicted octanol–water partition coefficient (Wildman–Crippen LogP) is 3.98. The molecule has 3 aromatic rings. The van der Waals surface area contributed by atoms with Crippen molar-refractivity contribution >= 4 is 22.6 Å². The van der Waals surface area contributed by atoms with E-state index >= 15 is 0 Å². The van der Waals surface area contributed by atoms with Crippen LogP contribution in [0, 0.1) is 0 Å². The zero-order valence-corrected chi connectivity index (χ0v) is 17.7. The van der Waals surface area contributed by atoms with E-state index in [-0.39, 0.29) is 18.1 Å². The molecule has 2 heterocycles. The second-order valence-electron chi connectivity index (χ2n) is 7.54. The molecule has 0 saturated carbocycles. The molecule has 160 valence electrons. The number of fused-ring (bicyclic) bond motifs is 1. The number of carbonyl (C=O) groups is 1. The molecule has 1 unspecified atom stereocenters. The van der Waals surface area contributed by atoms with Crippen molar-refractivity contribution in [2.45, 2.75) is 25.5 Å². The standard InChI is InChI=1S/C24H26N4O3/c1-4-23(29)28-11-10-18(14-28)31-22-12-19-20(13-21(22)30-3)25-15-26-24(19)27-16(2)17-8-6-5-7-9-17/h4-9,12-13,15-16,18H,1,10-11,14H2,2-3H3,(H,25,26,27)/t16?,18-/m0/s1. The largest absolute Gasteiger partial charge is 0.493 e. The average Bonchev–Trinajstić information content (AvgIpc) is 3.27. The number of hydrogen-bond donors (Lipinski definition) is 1. The second-order valence-corrected chi connectivity index (χ2v) is 7.54. The summed E-state index contributed by atoms with van der Waals surface area (Å²) in [5.74, 6) is 1.86. The van der Waals surface area contributed by atoms with Gasteiger partial charge in [-0.15, -0.1) is 0 Å². The predicted molar refractivity (Wildman–Crippen MR) is 120 cm³/mol. The molecule has 0 bridgehead atoms. The van der Waals surface area contributed by atoms with Gasteiger partial charge >= 0.3 is 0 Å². The van der Waals surface area contributed by atoms with Crippen LogP contribution in [0.3, 0.4) is 0 Å². The summed E-state index contributed by atoms with van der Waals surface area (Å²) in [6.45, 7) is 6.82. The zero-order valence-electron chi connectivity index (χ0n) is 17.7. The topological polar surface area (TPSA) is 76.6 Å². The van der Waals surface area contributed by atoms with Gasteiger partial charge in [-0.1, -0.05) is 36.9 Å². The van der Waals surface area contributed by atoms with Crippen LogP contribution in [0.4, 0.5) is 5.82 Å². The molecular weight excluding hydrogens is 392 g/mol. The molecule has 4 rings (SSSR count). The molecule has 1 aliphatic rings. The third kappa shape index (κ3) is 4.45. The van der Waals surface area contributed by atoms with E-state index in [1.165, 1.54) is 12.4 Å². The van der Waals surface area contributed by atoms with Crippen molar-refractivity contribution in [2.24, 2.45) is 0 Å². The van der Waals surface area contributed by atoms with Crippen LogP contribution < -0.4 is 14.8 Å². The lowest BCUT2D eigenvalue weighted by atomic mass is 10.1. The Morgan fingerprint density at radius 3 is 2.81 bits per heavy atom. The van der Waals surface area contributed by atoms with E-state index < -0.39 is 0 Å². The van der Waals surface area contributed by atoms with Gasteiger partial charge in [0.05, 0.1) is 19.2 Å². The molecule has 7 nitrogen and oxygen atoms in total. The van der Waals surface area contributed by atoms with Crippen molar-refractivity contribution < 1.29 is 14.3 Å². The minimum atomic E-state index is -0.112. The highest BCUT2D eigenvalue weighted by Gasteiger charge is 2.27. The molecule has 1 fully saturated rings. The van der Waals surface area contributed by atoms with Crippen LogP contribution in [0.1, 0.15) is 24.9 Å². The van der Waals surface area contributed by atoms with E-state index in [9.17, 15) is 4.79 Å². The Hall–Kier alpha value is -3.61. The summed E-state index contributed by atoms with van der Waals surface area (Å²) in [7, 11) is 1.61. The Morgan fingerprint density at radius 2 is 2.06 bits per heavy atom. The maximum atomic E-state index is 11.9. The van der Waals surface area contributed by atoms with Crippen molar-refractivity contribution in [3.63, 3.8) is 0 Å². The molecule has 0 spiro atoms. The number of methoxy groups -OCH3 is 1. The summed E-state index contributed by atoms with van der Waals surface area (Å²) >= 11 is 0. The number of ether oxygens (including phenoxy) is 2. The Kier molecular flexibility index (Phi) is 6.02. The average molecular weight is 418 g/mol. The van der Waals surface area contributed by atoms with E-state index in [0.717, 1.165) is 28.7 Å². The van der Waals surface area contributed by atoms with Gasteiger partial charge in [-0.05, 0) is 24.6 Å². The lowest BCUT2D eigenvalue weighted by molar-refractivity contribution is -0.125. The van der Waals surface area contributed by atoms with Crippen molar-refractivity contribution in [2.75, 3.05) is 25.5 Å². The van der Waals surface area contributed by atoms with Crippen molar-refractivity contribution in [1.29, 1.82) is 0 Å². The summed E-state index contributed by atoms with van der Waals surface area (Å²) in [5, 5.41) is 4.32. The smallest absolute Gasteiger partial charge is 0.246 e. The molecule has 1 aliphatic heterocycles. The number of nitrogens with zero attached hydrogens (tertiary/aromatic N) is 3. The molecule has 1 saturated heterocycles. The summed E-state index contributed by atoms with van der Waals surface area (Å²) in [5.41, 5.74) is 1.93. The van der Waals surface area contributed by atoms with Gasteiger partial charge in [0.2, 0.25) is 5.91 Å². The summed E-state index contributed by atoms with van der Waals surface area (Å²) in [6.07, 6.45) is 3.52. The highest BCUT2D eigenvalue weighted by Crippen LogP contribution is 2.36. The normalized spacial score (nSPS) is 16.7. The SMILES string of the molecule is C=CC(=O)N1CC[C@H](Oc2cc3c(NC(C)c4ccccc4)ncnc3cc2OC)C1. The third-order valence-electron chi connectivity index (χ3n) is 5.50. The fourth-order valence-electron chi connectivity index (χ4n) is 3.79. The molecule has 2 aromatic carbocycles. The Morgan fingerprint density at radius 1 is 1.26 bits per heavy atom. The minimum Gasteiger partial charge on any atom is -0.493 e. The summed E-state index contributed by atoms with van der Waals surface area (Å²) < 4.78 is 11.8. The number of hydrogen-bond acceptors (Lipinski definition) is 6. The van der Waals surface area contributed by atoms with E-state index in [4.69, 9.17) is 9.47 Å². The van der Waals surface area contributed by atoms with Crippen LogP contribution in [-0.4, -0.2) is 47.1 Å². The molecule has 2 atom stereocenters. The Bertz CT molecular complexity index is 1090. The number of amides is 1. The zero-order chi connectivity index (χ0) is 21.8. The van der Waals surface area contributed by atoms with E-state index in [0.29, 0.717) is 24.6 Å². The number of aromatic nitrogens is 2. The molecule has 0 radical (unpaired) electrons. The number of anilines is 1. The Balaban J connectivity index is 1.61. The molecule has 1 aromatic heterocycles. The third-order valence-corrected chi connectivity index (χ3v) is 5.50. The second kappa shape index (κ2) is 9.04. The lowest BCUT2D eigenvalue weighted by Gasteiger charge is -2.19. The van der Waals surface area contributed by atoms with Crippen LogP contribution in [-0.2, 0) is 4.79 Å². The van der Waals surface area contributed by atoms with E-state index in [2.05, 4.69) is 40.9 Å². The van der Waals surface area contributed by atoms with Crippen molar-refractivity contribution in [3.05, 3.63) is 67.0 Å². The summed E-state index contributed by atoms with van der Waals surface area (Å²) in [4.78, 5) is 22.5.